The molecule has 2 nitrogen and oxygen atoms in total. The van der Waals surface area contributed by atoms with Gasteiger partial charge in [0.25, 0.3) is 0 Å². The summed E-state index contributed by atoms with van der Waals surface area (Å²) in [6.07, 6.45) is 0. The predicted molar refractivity (Wildman–Crippen MR) is 69.9 cm³/mol. The van der Waals surface area contributed by atoms with E-state index in [1.54, 1.807) is 0 Å². The van der Waals surface area contributed by atoms with Gasteiger partial charge in [-0.15, -0.1) is 0 Å². The van der Waals surface area contributed by atoms with Crippen molar-refractivity contribution in [3.63, 3.8) is 0 Å². The molecule has 3 heteroatoms. The third kappa shape index (κ3) is 1.83. The molecule has 0 atom stereocenters. The van der Waals surface area contributed by atoms with Crippen LogP contribution in [0, 0.1) is 32.3 Å². The smallest absolute Gasteiger partial charge is 0.127 e. The van der Waals surface area contributed by atoms with Crippen LogP contribution in [0.25, 0.3) is 5.69 Å². The lowest BCUT2D eigenvalue weighted by Crippen LogP contribution is -2.02. The molecular weight excluding hydrogens is 216 g/mol. The van der Waals surface area contributed by atoms with Crippen molar-refractivity contribution < 1.29 is 0 Å². The third-order valence-corrected chi connectivity index (χ3v) is 3.01. The Bertz CT molecular complexity index is 567. The third-order valence-electron chi connectivity index (χ3n) is 2.71. The van der Waals surface area contributed by atoms with Crippen LogP contribution in [0.3, 0.4) is 0 Å². The van der Waals surface area contributed by atoms with Gasteiger partial charge in [-0.1, -0.05) is 29.9 Å². The van der Waals surface area contributed by atoms with E-state index in [1.807, 2.05) is 17.7 Å². The molecule has 0 spiro atoms. The van der Waals surface area contributed by atoms with Crippen LogP contribution in [-0.2, 0) is 0 Å². The lowest BCUT2D eigenvalue weighted by atomic mass is 10.1. The van der Waals surface area contributed by atoms with E-state index >= 15 is 0 Å². The van der Waals surface area contributed by atoms with Gasteiger partial charge in [0, 0.05) is 5.69 Å². The second-order valence-electron chi connectivity index (χ2n) is 4.36. The first-order valence-electron chi connectivity index (χ1n) is 5.36. The topological polar surface area (TPSA) is 20.7 Å². The van der Waals surface area contributed by atoms with Gasteiger partial charge in [-0.2, -0.15) is 0 Å². The Labute approximate surface area is 101 Å². The van der Waals surface area contributed by atoms with Crippen molar-refractivity contribution in [2.75, 3.05) is 0 Å². The van der Waals surface area contributed by atoms with Crippen molar-refractivity contribution >= 4 is 12.2 Å². The lowest BCUT2D eigenvalue weighted by molar-refractivity contribution is 0.838. The van der Waals surface area contributed by atoms with E-state index in [9.17, 15) is 0 Å². The fourth-order valence-corrected chi connectivity index (χ4v) is 2.52. The highest BCUT2D eigenvalue weighted by atomic mass is 32.1. The average molecular weight is 232 g/mol. The highest BCUT2D eigenvalue weighted by Gasteiger charge is 2.07. The number of nitrogens with zero attached hydrogens (tertiary/aromatic N) is 1. The van der Waals surface area contributed by atoms with Crippen LogP contribution in [-0.4, -0.2) is 9.78 Å². The Kier molecular flexibility index (Phi) is 2.72. The van der Waals surface area contributed by atoms with Crippen LogP contribution in [0.2, 0.25) is 0 Å². The normalized spacial score (nSPS) is 10.8. The van der Waals surface area contributed by atoms with Crippen molar-refractivity contribution in [2.45, 2.75) is 27.7 Å². The molecule has 1 heterocycles. The van der Waals surface area contributed by atoms with Crippen LogP contribution in [0.1, 0.15) is 22.4 Å². The number of hydrogen-bond acceptors (Lipinski definition) is 1. The zero-order valence-electron chi connectivity index (χ0n) is 10.1. The van der Waals surface area contributed by atoms with Gasteiger partial charge in [0.2, 0.25) is 0 Å². The molecule has 0 radical (unpaired) electrons. The Morgan fingerprint density at radius 3 is 2.00 bits per heavy atom. The Balaban J connectivity index is 2.74. The second kappa shape index (κ2) is 3.91. The summed E-state index contributed by atoms with van der Waals surface area (Å²) in [5.74, 6) is 0. The molecule has 0 aliphatic rings. The number of aryl methyl sites for hydroxylation is 4. The molecule has 0 unspecified atom stereocenters. The van der Waals surface area contributed by atoms with E-state index in [2.05, 4.69) is 38.0 Å². The summed E-state index contributed by atoms with van der Waals surface area (Å²) < 4.78 is 2.81. The summed E-state index contributed by atoms with van der Waals surface area (Å²) in [6, 6.07) is 6.34. The molecule has 1 N–H and O–H groups in total. The molecule has 2 rings (SSSR count). The molecule has 0 saturated heterocycles. The maximum Gasteiger partial charge on any atom is 0.127 e. The molecule has 1 aromatic heterocycles. The highest BCUT2D eigenvalue weighted by molar-refractivity contribution is 7.71. The minimum Gasteiger partial charge on any atom is -0.297 e. The zero-order chi connectivity index (χ0) is 11.9. The van der Waals surface area contributed by atoms with E-state index in [0.717, 1.165) is 10.3 Å². The largest absolute Gasteiger partial charge is 0.297 e. The number of benzene rings is 1. The monoisotopic (exact) mass is 232 g/mol. The lowest BCUT2D eigenvalue weighted by Gasteiger charge is -2.12. The Morgan fingerprint density at radius 2 is 1.56 bits per heavy atom. The summed E-state index contributed by atoms with van der Waals surface area (Å²) in [5, 5.41) is 3.27. The van der Waals surface area contributed by atoms with Crippen molar-refractivity contribution in [1.29, 1.82) is 0 Å². The molecule has 2 aromatic rings. The summed E-state index contributed by atoms with van der Waals surface area (Å²) in [7, 11) is 0. The maximum atomic E-state index is 5.34. The number of H-pyrrole nitrogens is 1. The van der Waals surface area contributed by atoms with Gasteiger partial charge in [-0.25, -0.2) is 4.68 Å². The molecule has 16 heavy (non-hydrogen) atoms. The van der Waals surface area contributed by atoms with E-state index in [0.29, 0.717) is 0 Å². The summed E-state index contributed by atoms with van der Waals surface area (Å²) in [4.78, 5) is 0. The first-order valence-corrected chi connectivity index (χ1v) is 5.77. The molecular formula is C13H16N2S. The molecule has 0 fully saturated rings. The SMILES string of the molecule is Cc1cc(C)c(-n2[nH]c(C)cc2=S)c(C)c1. The van der Waals surface area contributed by atoms with Crippen molar-refractivity contribution in [2.24, 2.45) is 0 Å². The van der Waals surface area contributed by atoms with Crippen LogP contribution < -0.4 is 0 Å². The number of rotatable bonds is 1. The molecule has 0 aliphatic carbocycles. The van der Waals surface area contributed by atoms with Crippen molar-refractivity contribution in [3.05, 3.63) is 45.2 Å². The number of aromatic nitrogens is 2. The van der Waals surface area contributed by atoms with Crippen molar-refractivity contribution in [3.8, 4) is 5.69 Å². The van der Waals surface area contributed by atoms with Gasteiger partial charge < -0.3 is 0 Å². The summed E-state index contributed by atoms with van der Waals surface area (Å²) in [5.41, 5.74) is 6.03. The molecule has 0 amide bonds. The fraction of sp³-hybridized carbons (Fsp3) is 0.308. The van der Waals surface area contributed by atoms with E-state index < -0.39 is 0 Å². The highest BCUT2D eigenvalue weighted by Crippen LogP contribution is 2.21. The second-order valence-corrected chi connectivity index (χ2v) is 4.78. The summed E-state index contributed by atoms with van der Waals surface area (Å²) in [6.45, 7) is 8.37. The average Bonchev–Trinajstić information content (AvgIpc) is 2.43. The molecule has 0 bridgehead atoms. The first-order chi connectivity index (χ1) is 7.49. The standard InChI is InChI=1S/C13H16N2S/c1-8-5-9(2)13(10(3)6-8)15-12(16)7-11(4)14-15/h5-7,14H,1-4H3. The van der Waals surface area contributed by atoms with Crippen LogP contribution in [0.15, 0.2) is 18.2 Å². The van der Waals surface area contributed by atoms with E-state index in [4.69, 9.17) is 12.2 Å². The van der Waals surface area contributed by atoms with E-state index in [1.165, 1.54) is 22.4 Å². The number of hydrogen-bond donors (Lipinski definition) is 1. The van der Waals surface area contributed by atoms with E-state index in [-0.39, 0.29) is 0 Å². The first kappa shape index (κ1) is 11.1. The van der Waals surface area contributed by atoms with Crippen molar-refractivity contribution in [1.82, 2.24) is 9.78 Å². The van der Waals surface area contributed by atoms with Crippen LogP contribution >= 0.6 is 12.2 Å². The van der Waals surface area contributed by atoms with Crippen LogP contribution in [0.5, 0.6) is 0 Å². The fourth-order valence-electron chi connectivity index (χ4n) is 2.20. The number of aromatic amines is 1. The predicted octanol–water partition coefficient (Wildman–Crippen LogP) is 3.77. The zero-order valence-corrected chi connectivity index (χ0v) is 10.9. The Morgan fingerprint density at radius 1 is 1.00 bits per heavy atom. The van der Waals surface area contributed by atoms with Crippen LogP contribution in [0.4, 0.5) is 0 Å². The quantitative estimate of drug-likeness (QED) is 0.742. The molecule has 0 aliphatic heterocycles. The van der Waals surface area contributed by atoms with Gasteiger partial charge >= 0.3 is 0 Å². The van der Waals surface area contributed by atoms with Gasteiger partial charge in [0.1, 0.15) is 4.64 Å². The summed E-state index contributed by atoms with van der Waals surface area (Å²) >= 11 is 5.34. The Hall–Kier alpha value is -1.35. The number of nitrogens with one attached hydrogen (secondary N) is 1. The molecule has 1 aromatic carbocycles. The van der Waals surface area contributed by atoms with Gasteiger partial charge in [-0.05, 0) is 44.9 Å². The molecule has 0 saturated carbocycles. The van der Waals surface area contributed by atoms with Gasteiger partial charge in [0.05, 0.1) is 5.69 Å². The van der Waals surface area contributed by atoms with Gasteiger partial charge in [0.15, 0.2) is 0 Å². The minimum absolute atomic E-state index is 0.826. The minimum atomic E-state index is 0.826. The molecule has 84 valence electrons. The van der Waals surface area contributed by atoms with Gasteiger partial charge in [-0.3, -0.25) is 5.10 Å². The maximum absolute atomic E-state index is 5.34.